The molecule has 29 heavy (non-hydrogen) atoms. The molecule has 4 rings (SSSR count). The third-order valence-corrected chi connectivity index (χ3v) is 5.10. The first kappa shape index (κ1) is 19.6. The maximum Gasteiger partial charge on any atom is 0.227 e. The van der Waals surface area contributed by atoms with Crippen LogP contribution in [0.15, 0.2) is 63.5 Å². The van der Waals surface area contributed by atoms with E-state index in [0.29, 0.717) is 38.1 Å². The third kappa shape index (κ3) is 4.81. The van der Waals surface area contributed by atoms with Gasteiger partial charge in [-0.1, -0.05) is 11.6 Å². The second-order valence-corrected chi connectivity index (χ2v) is 7.40. The highest BCUT2D eigenvalue weighted by atomic mass is 35.5. The fourth-order valence-corrected chi connectivity index (χ4v) is 3.32. The van der Waals surface area contributed by atoms with Crippen LogP contribution >= 0.6 is 23.4 Å². The Morgan fingerprint density at radius 2 is 1.97 bits per heavy atom. The molecule has 0 saturated heterocycles. The van der Waals surface area contributed by atoms with E-state index in [9.17, 15) is 4.39 Å². The van der Waals surface area contributed by atoms with Crippen LogP contribution in [0.2, 0.25) is 5.02 Å². The van der Waals surface area contributed by atoms with Crippen molar-refractivity contribution in [3.8, 4) is 11.5 Å². The van der Waals surface area contributed by atoms with Crippen LogP contribution in [0.3, 0.4) is 0 Å². The summed E-state index contributed by atoms with van der Waals surface area (Å²) in [6, 6.07) is 9.48. The molecule has 3 aromatic heterocycles. The van der Waals surface area contributed by atoms with Gasteiger partial charge in [-0.3, -0.25) is 4.68 Å². The Morgan fingerprint density at radius 3 is 2.66 bits per heavy atom. The van der Waals surface area contributed by atoms with Crippen molar-refractivity contribution in [2.75, 3.05) is 0 Å². The predicted molar refractivity (Wildman–Crippen MR) is 105 cm³/mol. The van der Waals surface area contributed by atoms with Gasteiger partial charge in [0, 0.05) is 18.8 Å². The zero-order valence-corrected chi connectivity index (χ0v) is 16.8. The van der Waals surface area contributed by atoms with Gasteiger partial charge in [0.25, 0.3) is 0 Å². The van der Waals surface area contributed by atoms with Gasteiger partial charge in [-0.15, -0.1) is 0 Å². The zero-order chi connectivity index (χ0) is 20.2. The van der Waals surface area contributed by atoms with Crippen molar-refractivity contribution in [1.82, 2.24) is 24.7 Å². The second kappa shape index (κ2) is 8.73. The van der Waals surface area contributed by atoms with E-state index in [-0.39, 0.29) is 19.0 Å². The number of pyridine rings is 1. The molecule has 0 fully saturated rings. The van der Waals surface area contributed by atoms with Gasteiger partial charge in [-0.25, -0.2) is 19.3 Å². The summed E-state index contributed by atoms with van der Waals surface area (Å²) in [5.41, 5.74) is 1.27. The maximum absolute atomic E-state index is 13.2. The molecule has 0 atom stereocenters. The largest absolute Gasteiger partial charge is 0.429 e. The summed E-state index contributed by atoms with van der Waals surface area (Å²) in [5, 5.41) is 5.80. The van der Waals surface area contributed by atoms with Crippen molar-refractivity contribution in [2.24, 2.45) is 7.05 Å². The van der Waals surface area contributed by atoms with Crippen LogP contribution in [0.5, 0.6) is 0 Å². The van der Waals surface area contributed by atoms with Gasteiger partial charge in [-0.2, -0.15) is 5.10 Å². The van der Waals surface area contributed by atoms with Gasteiger partial charge in [-0.05, 0) is 48.2 Å². The third-order valence-electron chi connectivity index (χ3n) is 3.93. The molecule has 3 heterocycles. The van der Waals surface area contributed by atoms with Crippen LogP contribution in [0, 0.1) is 5.82 Å². The molecule has 7 nitrogen and oxygen atoms in total. The Balaban J connectivity index is 1.57. The molecular weight excluding hydrogens is 417 g/mol. The van der Waals surface area contributed by atoms with Crippen molar-refractivity contribution in [1.29, 1.82) is 0 Å². The summed E-state index contributed by atoms with van der Waals surface area (Å²) in [6.45, 7) is 0.478. The topological polar surface area (TPSA) is 78.9 Å². The van der Waals surface area contributed by atoms with Crippen LogP contribution < -0.4 is 0 Å². The highest BCUT2D eigenvalue weighted by Gasteiger charge is 2.17. The fraction of sp³-hybridized carbons (Fsp3) is 0.158. The molecule has 0 radical (unpaired) electrons. The van der Waals surface area contributed by atoms with Gasteiger partial charge in [0.05, 0.1) is 11.6 Å². The van der Waals surface area contributed by atoms with E-state index in [4.69, 9.17) is 20.8 Å². The molecule has 0 aliphatic rings. The van der Waals surface area contributed by atoms with Crippen LogP contribution in [-0.2, 0) is 25.0 Å². The number of benzene rings is 1. The normalized spacial score (nSPS) is 11.1. The molecule has 4 aromatic rings. The fourth-order valence-electron chi connectivity index (χ4n) is 2.43. The lowest BCUT2D eigenvalue weighted by molar-refractivity contribution is 0.0946. The molecular formula is C19H15ClFN5O2S. The lowest BCUT2D eigenvalue weighted by Crippen LogP contribution is -2.03. The summed E-state index contributed by atoms with van der Waals surface area (Å²) in [5.74, 6) is 0.743. The molecule has 0 N–H and O–H groups in total. The number of ether oxygens (including phenoxy) is 1. The maximum atomic E-state index is 13.2. The second-order valence-electron chi connectivity index (χ2n) is 5.97. The summed E-state index contributed by atoms with van der Waals surface area (Å²) in [7, 11) is 1.79. The van der Waals surface area contributed by atoms with Gasteiger partial charge in [0.15, 0.2) is 10.9 Å². The zero-order valence-electron chi connectivity index (χ0n) is 15.2. The standard InChI is InChI=1S/C19H15ClFN5O2S/c1-26-16(23-11-24-26)10-27-9-15-19(29-17-7-4-13(20)8-22-17)28-18(25-15)12-2-5-14(21)6-3-12/h2-8,11H,9-10H2,1H3. The summed E-state index contributed by atoms with van der Waals surface area (Å²) < 4.78 is 26.6. The number of aromatic nitrogens is 5. The highest BCUT2D eigenvalue weighted by molar-refractivity contribution is 7.99. The molecule has 0 unspecified atom stereocenters. The van der Waals surface area contributed by atoms with Crippen LogP contribution in [-0.4, -0.2) is 24.7 Å². The van der Waals surface area contributed by atoms with E-state index < -0.39 is 0 Å². The van der Waals surface area contributed by atoms with Crippen LogP contribution in [0.25, 0.3) is 11.5 Å². The number of nitrogens with zero attached hydrogens (tertiary/aromatic N) is 5. The monoisotopic (exact) mass is 431 g/mol. The van der Waals surface area contributed by atoms with Gasteiger partial charge in [0.1, 0.15) is 29.5 Å². The summed E-state index contributed by atoms with van der Waals surface area (Å²) in [6.07, 6.45) is 3.03. The van der Waals surface area contributed by atoms with E-state index in [2.05, 4.69) is 20.1 Å². The number of hydrogen-bond donors (Lipinski definition) is 0. The number of aryl methyl sites for hydroxylation is 1. The van der Waals surface area contributed by atoms with Gasteiger partial charge < -0.3 is 9.15 Å². The first-order valence-electron chi connectivity index (χ1n) is 8.54. The molecule has 10 heteroatoms. The van der Waals surface area contributed by atoms with Gasteiger partial charge >= 0.3 is 0 Å². The van der Waals surface area contributed by atoms with Crippen LogP contribution in [0.1, 0.15) is 11.5 Å². The van der Waals surface area contributed by atoms with Crippen molar-refractivity contribution in [3.63, 3.8) is 0 Å². The molecule has 0 saturated carbocycles. The highest BCUT2D eigenvalue weighted by Crippen LogP contribution is 2.34. The molecule has 0 amide bonds. The van der Waals surface area contributed by atoms with E-state index in [1.165, 1.54) is 30.2 Å². The number of rotatable bonds is 7. The minimum atomic E-state index is -0.326. The van der Waals surface area contributed by atoms with Crippen molar-refractivity contribution >= 4 is 23.4 Å². The number of hydrogen-bond acceptors (Lipinski definition) is 7. The summed E-state index contributed by atoms with van der Waals surface area (Å²) in [4.78, 5) is 12.9. The molecule has 1 aromatic carbocycles. The Labute approximate surface area is 174 Å². The van der Waals surface area contributed by atoms with Gasteiger partial charge in [0.2, 0.25) is 5.89 Å². The number of oxazole rings is 1. The minimum Gasteiger partial charge on any atom is -0.429 e. The van der Waals surface area contributed by atoms with Crippen molar-refractivity contribution < 1.29 is 13.5 Å². The van der Waals surface area contributed by atoms with E-state index in [1.54, 1.807) is 42.2 Å². The van der Waals surface area contributed by atoms with E-state index in [1.807, 2.05) is 0 Å². The SMILES string of the molecule is Cn1ncnc1COCc1nc(-c2ccc(F)cc2)oc1Sc1ccc(Cl)cn1. The predicted octanol–water partition coefficient (Wildman–Crippen LogP) is 4.53. The lowest BCUT2D eigenvalue weighted by atomic mass is 10.2. The Hall–Kier alpha value is -2.75. The Kier molecular flexibility index (Phi) is 5.89. The van der Waals surface area contributed by atoms with E-state index >= 15 is 0 Å². The lowest BCUT2D eigenvalue weighted by Gasteiger charge is -2.03. The van der Waals surface area contributed by atoms with Crippen LogP contribution in [0.4, 0.5) is 4.39 Å². The minimum absolute atomic E-state index is 0.202. The molecule has 0 bridgehead atoms. The van der Waals surface area contributed by atoms with Crippen molar-refractivity contribution in [2.45, 2.75) is 23.3 Å². The Morgan fingerprint density at radius 1 is 1.14 bits per heavy atom. The quantitative estimate of drug-likeness (QED) is 0.425. The smallest absolute Gasteiger partial charge is 0.227 e. The molecule has 0 spiro atoms. The first-order chi connectivity index (χ1) is 14.1. The Bertz CT molecular complexity index is 1100. The molecule has 0 aliphatic heterocycles. The summed E-state index contributed by atoms with van der Waals surface area (Å²) >= 11 is 7.21. The van der Waals surface area contributed by atoms with Crippen molar-refractivity contribution in [3.05, 3.63) is 71.3 Å². The number of halogens is 2. The average molecular weight is 432 g/mol. The molecule has 0 aliphatic carbocycles. The average Bonchev–Trinajstić information content (AvgIpc) is 3.31. The first-order valence-corrected chi connectivity index (χ1v) is 9.73. The molecule has 148 valence electrons. The van der Waals surface area contributed by atoms with E-state index in [0.717, 1.165) is 0 Å².